The predicted octanol–water partition coefficient (Wildman–Crippen LogP) is 3.83. The van der Waals surface area contributed by atoms with E-state index in [9.17, 15) is 0 Å². The van der Waals surface area contributed by atoms with Crippen molar-refractivity contribution in [3.8, 4) is 11.5 Å². The lowest BCUT2D eigenvalue weighted by molar-refractivity contribution is 0.0726. The molecule has 1 atom stereocenters. The van der Waals surface area contributed by atoms with Crippen LogP contribution in [0.3, 0.4) is 0 Å². The largest absolute Gasteiger partial charge is 0.489 e. The van der Waals surface area contributed by atoms with Gasteiger partial charge in [-0.3, -0.25) is 0 Å². The molecule has 1 aliphatic heterocycles. The van der Waals surface area contributed by atoms with E-state index in [-0.39, 0.29) is 11.6 Å². The molecular formula is C18H21NO2. The Morgan fingerprint density at radius 1 is 1.19 bits per heavy atom. The molecule has 0 bridgehead atoms. The Bertz CT molecular complexity index is 622. The summed E-state index contributed by atoms with van der Waals surface area (Å²) in [5.41, 5.74) is 8.23. The number of hydrogen-bond acceptors (Lipinski definition) is 3. The first kappa shape index (κ1) is 14.0. The maximum absolute atomic E-state index is 6.26. The Morgan fingerprint density at radius 2 is 1.95 bits per heavy atom. The summed E-state index contributed by atoms with van der Waals surface area (Å²) in [6.45, 7) is 4.69. The van der Waals surface area contributed by atoms with E-state index in [0.29, 0.717) is 6.61 Å². The number of benzene rings is 2. The highest BCUT2D eigenvalue weighted by atomic mass is 16.5. The van der Waals surface area contributed by atoms with Crippen LogP contribution < -0.4 is 15.2 Å². The van der Waals surface area contributed by atoms with Crippen LogP contribution in [0.1, 0.15) is 37.4 Å². The molecule has 0 unspecified atom stereocenters. The van der Waals surface area contributed by atoms with Gasteiger partial charge in [-0.15, -0.1) is 0 Å². The standard InChI is InChI=1S/C18H21NO2/c1-18(2)11-16(19)15-10-14(8-9-17(15)21-18)20-12-13-6-4-3-5-7-13/h3-10,16H,11-12,19H2,1-2H3/t16-/m0/s1. The van der Waals surface area contributed by atoms with Crippen LogP contribution in [0.4, 0.5) is 0 Å². The molecule has 0 spiro atoms. The number of nitrogens with two attached hydrogens (primary N) is 1. The molecule has 3 rings (SSSR count). The summed E-state index contributed by atoms with van der Waals surface area (Å²) in [5, 5.41) is 0. The van der Waals surface area contributed by atoms with Gasteiger partial charge in [-0.05, 0) is 37.6 Å². The van der Waals surface area contributed by atoms with E-state index in [1.807, 2.05) is 36.4 Å². The molecule has 1 heterocycles. The topological polar surface area (TPSA) is 44.5 Å². The Hall–Kier alpha value is -2.00. The van der Waals surface area contributed by atoms with Gasteiger partial charge in [0.25, 0.3) is 0 Å². The molecule has 2 aromatic carbocycles. The first-order valence-electron chi connectivity index (χ1n) is 7.29. The maximum Gasteiger partial charge on any atom is 0.125 e. The minimum atomic E-state index is -0.209. The van der Waals surface area contributed by atoms with Crippen molar-refractivity contribution in [2.45, 2.75) is 38.5 Å². The molecule has 3 heteroatoms. The van der Waals surface area contributed by atoms with Gasteiger partial charge in [-0.1, -0.05) is 30.3 Å². The minimum Gasteiger partial charge on any atom is -0.489 e. The second-order valence-electron chi connectivity index (χ2n) is 6.15. The lowest BCUT2D eigenvalue weighted by Crippen LogP contribution is -2.37. The summed E-state index contributed by atoms with van der Waals surface area (Å²) in [5.74, 6) is 1.70. The van der Waals surface area contributed by atoms with Crippen LogP contribution in [0.15, 0.2) is 48.5 Å². The highest BCUT2D eigenvalue weighted by Crippen LogP contribution is 2.39. The molecule has 0 radical (unpaired) electrons. The predicted molar refractivity (Wildman–Crippen MR) is 83.5 cm³/mol. The molecule has 0 saturated carbocycles. The fourth-order valence-corrected chi connectivity index (χ4v) is 2.72. The molecule has 0 fully saturated rings. The van der Waals surface area contributed by atoms with E-state index >= 15 is 0 Å². The van der Waals surface area contributed by atoms with E-state index in [1.165, 1.54) is 0 Å². The summed E-state index contributed by atoms with van der Waals surface area (Å²) in [7, 11) is 0. The molecule has 2 aromatic rings. The van der Waals surface area contributed by atoms with Gasteiger partial charge in [0, 0.05) is 18.0 Å². The van der Waals surface area contributed by atoms with Crippen molar-refractivity contribution in [2.75, 3.05) is 0 Å². The molecule has 2 N–H and O–H groups in total. The van der Waals surface area contributed by atoms with Gasteiger partial charge in [-0.2, -0.15) is 0 Å². The highest BCUT2D eigenvalue weighted by molar-refractivity contribution is 5.44. The monoisotopic (exact) mass is 283 g/mol. The Kier molecular flexibility index (Phi) is 3.60. The number of hydrogen-bond donors (Lipinski definition) is 1. The van der Waals surface area contributed by atoms with Crippen molar-refractivity contribution in [3.05, 3.63) is 59.7 Å². The first-order chi connectivity index (χ1) is 10.0. The quantitative estimate of drug-likeness (QED) is 0.931. The molecule has 0 amide bonds. The van der Waals surface area contributed by atoms with Crippen LogP contribution in [-0.2, 0) is 6.61 Å². The SMILES string of the molecule is CC1(C)C[C@H](N)c2cc(OCc3ccccc3)ccc2O1. The van der Waals surface area contributed by atoms with Crippen molar-refractivity contribution in [1.29, 1.82) is 0 Å². The van der Waals surface area contributed by atoms with E-state index < -0.39 is 0 Å². The van der Waals surface area contributed by atoms with Gasteiger partial charge >= 0.3 is 0 Å². The van der Waals surface area contributed by atoms with E-state index in [4.69, 9.17) is 15.2 Å². The van der Waals surface area contributed by atoms with E-state index in [1.54, 1.807) is 0 Å². The molecule has 3 nitrogen and oxygen atoms in total. The highest BCUT2D eigenvalue weighted by Gasteiger charge is 2.31. The van der Waals surface area contributed by atoms with Crippen LogP contribution in [-0.4, -0.2) is 5.60 Å². The number of fused-ring (bicyclic) bond motifs is 1. The molecular weight excluding hydrogens is 262 g/mol. The van der Waals surface area contributed by atoms with Gasteiger partial charge in [0.2, 0.25) is 0 Å². The number of rotatable bonds is 3. The van der Waals surface area contributed by atoms with Crippen LogP contribution >= 0.6 is 0 Å². The summed E-state index contributed by atoms with van der Waals surface area (Å²) >= 11 is 0. The lowest BCUT2D eigenvalue weighted by Gasteiger charge is -2.36. The second-order valence-corrected chi connectivity index (χ2v) is 6.15. The first-order valence-corrected chi connectivity index (χ1v) is 7.29. The second kappa shape index (κ2) is 5.41. The van der Waals surface area contributed by atoms with Crippen molar-refractivity contribution >= 4 is 0 Å². The third kappa shape index (κ3) is 3.19. The van der Waals surface area contributed by atoms with E-state index in [2.05, 4.69) is 26.0 Å². The molecule has 110 valence electrons. The van der Waals surface area contributed by atoms with Crippen molar-refractivity contribution in [1.82, 2.24) is 0 Å². The lowest BCUT2D eigenvalue weighted by atomic mass is 9.90. The molecule has 21 heavy (non-hydrogen) atoms. The van der Waals surface area contributed by atoms with Crippen LogP contribution in [0.5, 0.6) is 11.5 Å². The van der Waals surface area contributed by atoms with Crippen LogP contribution in [0, 0.1) is 0 Å². The maximum atomic E-state index is 6.26. The fourth-order valence-electron chi connectivity index (χ4n) is 2.72. The van der Waals surface area contributed by atoms with Crippen molar-refractivity contribution < 1.29 is 9.47 Å². The number of ether oxygens (including phenoxy) is 2. The smallest absolute Gasteiger partial charge is 0.125 e. The summed E-state index contributed by atoms with van der Waals surface area (Å²) in [6.07, 6.45) is 0.808. The van der Waals surface area contributed by atoms with Crippen molar-refractivity contribution in [2.24, 2.45) is 5.73 Å². The molecule has 0 aliphatic carbocycles. The zero-order valence-corrected chi connectivity index (χ0v) is 12.5. The molecule has 0 saturated heterocycles. The average molecular weight is 283 g/mol. The van der Waals surface area contributed by atoms with Crippen LogP contribution in [0.2, 0.25) is 0 Å². The minimum absolute atomic E-state index is 0.0102. The van der Waals surface area contributed by atoms with Gasteiger partial charge < -0.3 is 15.2 Å². The summed E-state index contributed by atoms with van der Waals surface area (Å²) in [6, 6.07) is 16.0. The molecule has 0 aromatic heterocycles. The Balaban J connectivity index is 1.76. The average Bonchev–Trinajstić information content (AvgIpc) is 2.45. The van der Waals surface area contributed by atoms with Crippen LogP contribution in [0.25, 0.3) is 0 Å². The third-order valence-corrected chi connectivity index (χ3v) is 3.73. The van der Waals surface area contributed by atoms with E-state index in [0.717, 1.165) is 29.0 Å². The van der Waals surface area contributed by atoms with Gasteiger partial charge in [0.1, 0.15) is 23.7 Å². The zero-order chi connectivity index (χ0) is 14.9. The van der Waals surface area contributed by atoms with Crippen molar-refractivity contribution in [3.63, 3.8) is 0 Å². The summed E-state index contributed by atoms with van der Waals surface area (Å²) < 4.78 is 11.8. The Labute approximate surface area is 125 Å². The van der Waals surface area contributed by atoms with Gasteiger partial charge in [0.15, 0.2) is 0 Å². The normalized spacial score (nSPS) is 19.5. The summed E-state index contributed by atoms with van der Waals surface area (Å²) in [4.78, 5) is 0. The zero-order valence-electron chi connectivity index (χ0n) is 12.5. The van der Waals surface area contributed by atoms with Gasteiger partial charge in [0.05, 0.1) is 0 Å². The molecule has 1 aliphatic rings. The fraction of sp³-hybridized carbons (Fsp3) is 0.333. The van der Waals surface area contributed by atoms with Gasteiger partial charge in [-0.25, -0.2) is 0 Å². The Morgan fingerprint density at radius 3 is 2.71 bits per heavy atom. The third-order valence-electron chi connectivity index (χ3n) is 3.73.